The molecule has 24 heteroatoms. The van der Waals surface area contributed by atoms with Crippen molar-refractivity contribution in [2.24, 2.45) is 11.5 Å². The summed E-state index contributed by atoms with van der Waals surface area (Å²) in [6, 6.07) is 46.9. The predicted molar refractivity (Wildman–Crippen MR) is 307 cm³/mol. The molecular formula is C60H64F6N10O8. The molecule has 0 bridgehead atoms. The molecule has 8 aromatic rings. The summed E-state index contributed by atoms with van der Waals surface area (Å²) in [6.45, 7) is 1.76. The van der Waals surface area contributed by atoms with Crippen LogP contribution in [0.2, 0.25) is 0 Å². The summed E-state index contributed by atoms with van der Waals surface area (Å²) in [5.74, 6) is -4.89. The van der Waals surface area contributed by atoms with E-state index in [1.807, 2.05) is 118 Å². The van der Waals surface area contributed by atoms with Crippen molar-refractivity contribution in [3.8, 4) is 11.5 Å². The number of ether oxygens (including phenoxy) is 2. The number of aliphatic carboxylic acids is 2. The highest BCUT2D eigenvalue weighted by atomic mass is 19.4. The lowest BCUT2D eigenvalue weighted by atomic mass is 10.1. The van der Waals surface area contributed by atoms with Crippen LogP contribution in [0.4, 0.5) is 37.7 Å². The number of hydrogen-bond acceptors (Lipinski definition) is 10. The SMILES string of the molecule is COc1cccc2c1cc(C(=O)NCc1ccc([N+](C)(C)C)cc1)n2Cc1cccc(C(=N)N)c1.COc1cccc2c1cc(C(=O)NCc1ccc([N+](C)(C)C)cc1)n2Cc1cccc(C(=N)N)c1.O=C([O-])C(F)(F)F.O=C([O-])C(F)(F)F. The number of carboxylic acids is 2. The van der Waals surface area contributed by atoms with Crippen LogP contribution in [0.15, 0.2) is 146 Å². The van der Waals surface area contributed by atoms with Crippen molar-refractivity contribution in [3.63, 3.8) is 0 Å². The van der Waals surface area contributed by atoms with E-state index in [1.165, 1.54) is 11.4 Å². The number of amidine groups is 2. The largest absolute Gasteiger partial charge is 0.542 e. The normalized spacial score (nSPS) is 11.4. The third-order valence-electron chi connectivity index (χ3n) is 12.7. The Morgan fingerprint density at radius 3 is 1.08 bits per heavy atom. The molecule has 0 fully saturated rings. The van der Waals surface area contributed by atoms with Crippen LogP contribution in [0.3, 0.4) is 0 Å². The van der Waals surface area contributed by atoms with Crippen molar-refractivity contribution in [1.82, 2.24) is 28.7 Å². The van der Waals surface area contributed by atoms with Gasteiger partial charge in [0.05, 0.1) is 67.5 Å². The van der Waals surface area contributed by atoms with Crippen LogP contribution in [0.5, 0.6) is 11.5 Å². The quantitative estimate of drug-likeness (QED) is 0.0255. The zero-order chi connectivity index (χ0) is 62.5. The molecule has 0 spiro atoms. The molecule has 2 heterocycles. The van der Waals surface area contributed by atoms with E-state index in [9.17, 15) is 35.9 Å². The summed E-state index contributed by atoms with van der Waals surface area (Å²) in [6.07, 6.45) is -10.4. The second-order valence-electron chi connectivity index (χ2n) is 20.5. The maximum atomic E-state index is 13.4. The molecule has 2 amide bonds. The van der Waals surface area contributed by atoms with E-state index in [-0.39, 0.29) is 23.5 Å². The van der Waals surface area contributed by atoms with Crippen LogP contribution in [0.25, 0.3) is 21.8 Å². The van der Waals surface area contributed by atoms with E-state index in [4.69, 9.17) is 51.6 Å². The van der Waals surface area contributed by atoms with Gasteiger partial charge in [0, 0.05) is 48.1 Å². The second kappa shape index (κ2) is 27.4. The number of halogens is 6. The topological polar surface area (TPSA) is 267 Å². The van der Waals surface area contributed by atoms with Gasteiger partial charge in [-0.25, -0.2) is 0 Å². The Morgan fingerprint density at radius 2 is 0.810 bits per heavy atom. The first-order valence-electron chi connectivity index (χ1n) is 25.4. The highest BCUT2D eigenvalue weighted by molar-refractivity contribution is 6.02. The minimum Gasteiger partial charge on any atom is -0.542 e. The number of nitrogens with one attached hydrogen (secondary N) is 4. The molecule has 0 saturated heterocycles. The molecule has 0 aliphatic heterocycles. The minimum absolute atomic E-state index is 0.0140. The average Bonchev–Trinajstić information content (AvgIpc) is 3.32. The third kappa shape index (κ3) is 17.7. The number of carbonyl (C=O) groups excluding carboxylic acids is 4. The highest BCUT2D eigenvalue weighted by Crippen LogP contribution is 2.32. The molecular weight excluding hydrogens is 1100 g/mol. The lowest BCUT2D eigenvalue weighted by molar-refractivity contribution is -0.344. The van der Waals surface area contributed by atoms with Gasteiger partial charge in [0.25, 0.3) is 11.8 Å². The van der Waals surface area contributed by atoms with E-state index in [0.29, 0.717) is 60.2 Å². The smallest absolute Gasteiger partial charge is 0.430 e. The molecule has 2 aromatic heterocycles. The Kier molecular flexibility index (Phi) is 21.2. The number of nitrogens with zero attached hydrogens (tertiary/aromatic N) is 4. The maximum Gasteiger partial charge on any atom is 0.430 e. The first kappa shape index (κ1) is 65.1. The van der Waals surface area contributed by atoms with Gasteiger partial charge in [0.15, 0.2) is 0 Å². The number of nitrogens with two attached hydrogens (primary N) is 2. The predicted octanol–water partition coefficient (Wildman–Crippen LogP) is 6.82. The molecule has 444 valence electrons. The maximum absolute atomic E-state index is 13.4. The highest BCUT2D eigenvalue weighted by Gasteiger charge is 2.30. The van der Waals surface area contributed by atoms with Crippen molar-refractivity contribution in [3.05, 3.63) is 190 Å². The van der Waals surface area contributed by atoms with Gasteiger partial charge in [-0.1, -0.05) is 72.8 Å². The number of rotatable bonds is 16. The van der Waals surface area contributed by atoms with Crippen LogP contribution in [0.1, 0.15) is 54.4 Å². The Hall–Kier alpha value is -9.68. The van der Waals surface area contributed by atoms with Crippen molar-refractivity contribution in [1.29, 1.82) is 10.8 Å². The van der Waals surface area contributed by atoms with Crippen LogP contribution >= 0.6 is 0 Å². The number of hydrogen-bond donors (Lipinski definition) is 6. The molecule has 6 aromatic carbocycles. The van der Waals surface area contributed by atoms with Gasteiger partial charge < -0.3 is 60.5 Å². The zero-order valence-electron chi connectivity index (χ0n) is 47.2. The van der Waals surface area contributed by atoms with E-state index in [0.717, 1.165) is 53.0 Å². The van der Waals surface area contributed by atoms with Gasteiger partial charge in [-0.05, 0) is 95.1 Å². The second-order valence-corrected chi connectivity index (χ2v) is 20.5. The van der Waals surface area contributed by atoms with Gasteiger partial charge in [-0.15, -0.1) is 0 Å². The summed E-state index contributed by atoms with van der Waals surface area (Å²) >= 11 is 0. The summed E-state index contributed by atoms with van der Waals surface area (Å²) in [5.41, 5.74) is 21.9. The molecule has 0 saturated carbocycles. The monoisotopic (exact) mass is 1170 g/mol. The summed E-state index contributed by atoms with van der Waals surface area (Å²) in [4.78, 5) is 44.3. The summed E-state index contributed by atoms with van der Waals surface area (Å²) in [7, 11) is 16.0. The number of carboxylic acid groups (broad SMARTS) is 2. The third-order valence-corrected chi connectivity index (χ3v) is 12.7. The zero-order valence-corrected chi connectivity index (χ0v) is 47.2. The molecule has 0 unspecified atom stereocenters. The number of methoxy groups -OCH3 is 2. The van der Waals surface area contributed by atoms with E-state index in [2.05, 4.69) is 77.2 Å². The van der Waals surface area contributed by atoms with Gasteiger partial charge >= 0.3 is 12.4 Å². The lowest BCUT2D eigenvalue weighted by Gasteiger charge is -2.23. The lowest BCUT2D eigenvalue weighted by Crippen LogP contribution is -2.37. The molecule has 0 radical (unpaired) electrons. The molecule has 18 nitrogen and oxygen atoms in total. The van der Waals surface area contributed by atoms with Crippen LogP contribution in [0, 0.1) is 10.8 Å². The first-order chi connectivity index (χ1) is 39.2. The number of carbonyl (C=O) groups is 4. The number of benzene rings is 6. The average molecular weight is 1170 g/mol. The Labute approximate surface area is 480 Å². The van der Waals surface area contributed by atoms with Crippen LogP contribution in [-0.2, 0) is 35.8 Å². The van der Waals surface area contributed by atoms with Crippen molar-refractivity contribution >= 4 is 68.6 Å². The number of quaternary nitrogens is 2. The summed E-state index contributed by atoms with van der Waals surface area (Å²) < 4.78 is 79.6. The van der Waals surface area contributed by atoms with Gasteiger partial charge in [0.2, 0.25) is 0 Å². The van der Waals surface area contributed by atoms with E-state index in [1.54, 1.807) is 26.4 Å². The molecule has 0 aliphatic carbocycles. The van der Waals surface area contributed by atoms with E-state index >= 15 is 0 Å². The molecule has 0 atom stereocenters. The van der Waals surface area contributed by atoms with Crippen LogP contribution in [-0.4, -0.2) is 113 Å². The van der Waals surface area contributed by atoms with E-state index < -0.39 is 24.3 Å². The fourth-order valence-corrected chi connectivity index (χ4v) is 8.29. The Balaban J connectivity index is 0.000000250. The minimum atomic E-state index is -5.19. The fraction of sp³-hybridized carbons (Fsp3) is 0.233. The van der Waals surface area contributed by atoms with Crippen molar-refractivity contribution in [2.75, 3.05) is 56.5 Å². The number of nitrogen functional groups attached to an aromatic ring is 2. The standard InChI is InChI=1S/2C28H31N5O2.2C2HF3O2/c2*1-33(2,3)22-13-11-19(12-14-22)17-31-28(34)25-16-23-24(9-6-10-26(23)35-4)32(25)18-20-7-5-8-21(15-20)27(29)30;2*3-2(4,5)1(6)7/h2*5-16H,17-18H2,1-4H3,(H3-,29,30,31,34);2*(H,6,7). The van der Waals surface area contributed by atoms with Crippen molar-refractivity contribution in [2.45, 2.75) is 38.5 Å². The molecule has 8 rings (SSSR count). The number of amides is 2. The fourth-order valence-electron chi connectivity index (χ4n) is 8.29. The van der Waals surface area contributed by atoms with Crippen molar-refractivity contribution < 1.29 is 65.2 Å². The van der Waals surface area contributed by atoms with Gasteiger partial charge in [0.1, 0.15) is 57.9 Å². The Bertz CT molecular complexity index is 3420. The number of fused-ring (bicyclic) bond motifs is 2. The molecule has 84 heavy (non-hydrogen) atoms. The molecule has 0 aliphatic rings. The number of aromatic nitrogens is 2. The Morgan fingerprint density at radius 1 is 0.500 bits per heavy atom. The first-order valence-corrected chi connectivity index (χ1v) is 25.4. The summed E-state index contributed by atoms with van der Waals surface area (Å²) in [5, 5.41) is 40.9. The number of alkyl halides is 6. The van der Waals surface area contributed by atoms with Crippen LogP contribution < -0.4 is 50.8 Å². The van der Waals surface area contributed by atoms with Gasteiger partial charge in [-0.3, -0.25) is 29.4 Å². The molecule has 8 N–H and O–H groups in total. The van der Waals surface area contributed by atoms with Gasteiger partial charge in [-0.2, -0.15) is 26.3 Å².